The third-order valence-electron chi connectivity index (χ3n) is 3.51. The summed E-state index contributed by atoms with van der Waals surface area (Å²) in [5, 5.41) is 2.89. The molecule has 5 heteroatoms. The van der Waals surface area contributed by atoms with E-state index in [1.807, 2.05) is 6.07 Å². The van der Waals surface area contributed by atoms with Gasteiger partial charge in [0.25, 0.3) is 0 Å². The Balaban J connectivity index is 1.75. The first-order valence-corrected chi connectivity index (χ1v) is 6.89. The van der Waals surface area contributed by atoms with E-state index in [2.05, 4.69) is 27.3 Å². The minimum atomic E-state index is -0.615. The van der Waals surface area contributed by atoms with E-state index < -0.39 is 5.54 Å². The van der Waals surface area contributed by atoms with Gasteiger partial charge < -0.3 is 15.8 Å². The predicted molar refractivity (Wildman–Crippen MR) is 71.3 cm³/mol. The third-order valence-corrected chi connectivity index (χ3v) is 3.96. The number of carbonyl (C=O) groups is 1. The molecule has 0 atom stereocenters. The van der Waals surface area contributed by atoms with Crippen molar-refractivity contribution in [2.24, 2.45) is 5.73 Å². The molecule has 2 aliphatic rings. The van der Waals surface area contributed by atoms with Crippen molar-refractivity contribution in [3.05, 3.63) is 27.7 Å². The van der Waals surface area contributed by atoms with Crippen molar-refractivity contribution in [1.29, 1.82) is 0 Å². The second-order valence-corrected chi connectivity index (χ2v) is 5.91. The molecule has 18 heavy (non-hydrogen) atoms. The molecule has 0 unspecified atom stereocenters. The van der Waals surface area contributed by atoms with Crippen LogP contribution in [0.2, 0.25) is 0 Å². The summed E-state index contributed by atoms with van der Waals surface area (Å²) in [6, 6.07) is 4.06. The standard InChI is InChI=1S/C13H15BrN2O2/c14-10-5-8-1-4-18-11(8)9(6-10)7-16-12(17)13(15)2-3-13/h5-6H,1-4,7,15H2,(H,16,17). The van der Waals surface area contributed by atoms with Gasteiger partial charge in [-0.15, -0.1) is 0 Å². The van der Waals surface area contributed by atoms with Crippen molar-refractivity contribution in [2.75, 3.05) is 6.61 Å². The Morgan fingerprint density at radius 1 is 1.50 bits per heavy atom. The molecule has 3 N–H and O–H groups in total. The molecule has 1 aliphatic heterocycles. The molecule has 1 aromatic carbocycles. The second kappa shape index (κ2) is 4.24. The van der Waals surface area contributed by atoms with E-state index in [1.54, 1.807) is 0 Å². The fraction of sp³-hybridized carbons (Fsp3) is 0.462. The van der Waals surface area contributed by atoms with Gasteiger partial charge in [-0.1, -0.05) is 15.9 Å². The highest BCUT2D eigenvalue weighted by Gasteiger charge is 2.45. The lowest BCUT2D eigenvalue weighted by atomic mass is 10.1. The van der Waals surface area contributed by atoms with E-state index in [4.69, 9.17) is 10.5 Å². The van der Waals surface area contributed by atoms with Gasteiger partial charge in [-0.25, -0.2) is 0 Å². The lowest BCUT2D eigenvalue weighted by Gasteiger charge is -2.13. The van der Waals surface area contributed by atoms with Crippen molar-refractivity contribution >= 4 is 21.8 Å². The molecule has 0 spiro atoms. The van der Waals surface area contributed by atoms with Crippen LogP contribution in [0.15, 0.2) is 16.6 Å². The van der Waals surface area contributed by atoms with Crippen LogP contribution in [0.3, 0.4) is 0 Å². The lowest BCUT2D eigenvalue weighted by molar-refractivity contribution is -0.123. The van der Waals surface area contributed by atoms with Crippen molar-refractivity contribution in [3.8, 4) is 5.75 Å². The Morgan fingerprint density at radius 3 is 3.00 bits per heavy atom. The molecule has 0 aromatic heterocycles. The van der Waals surface area contributed by atoms with E-state index in [-0.39, 0.29) is 5.91 Å². The zero-order valence-corrected chi connectivity index (χ0v) is 11.5. The monoisotopic (exact) mass is 310 g/mol. The van der Waals surface area contributed by atoms with Gasteiger partial charge in [-0.05, 0) is 30.5 Å². The van der Waals surface area contributed by atoms with Gasteiger partial charge in [0.2, 0.25) is 5.91 Å². The first kappa shape index (κ1) is 12.0. The summed E-state index contributed by atoms with van der Waals surface area (Å²) in [7, 11) is 0. The maximum Gasteiger partial charge on any atom is 0.240 e. The van der Waals surface area contributed by atoms with E-state index in [9.17, 15) is 4.79 Å². The Morgan fingerprint density at radius 2 is 2.28 bits per heavy atom. The Kier molecular flexibility index (Phi) is 2.83. The van der Waals surface area contributed by atoms with Crippen LogP contribution in [0.1, 0.15) is 24.0 Å². The quantitative estimate of drug-likeness (QED) is 0.889. The average molecular weight is 311 g/mol. The van der Waals surface area contributed by atoms with Crippen LogP contribution in [0, 0.1) is 0 Å². The maximum absolute atomic E-state index is 11.8. The first-order valence-electron chi connectivity index (χ1n) is 6.10. The summed E-state index contributed by atoms with van der Waals surface area (Å²) in [5.41, 5.74) is 7.43. The summed E-state index contributed by atoms with van der Waals surface area (Å²) in [6.07, 6.45) is 2.49. The van der Waals surface area contributed by atoms with Gasteiger partial charge >= 0.3 is 0 Å². The van der Waals surface area contributed by atoms with Crippen LogP contribution in [0.5, 0.6) is 5.75 Å². The number of nitrogens with one attached hydrogen (secondary N) is 1. The van der Waals surface area contributed by atoms with Gasteiger partial charge in [0.1, 0.15) is 5.75 Å². The summed E-state index contributed by atoms with van der Waals surface area (Å²) in [6.45, 7) is 1.19. The molecular weight excluding hydrogens is 296 g/mol. The summed E-state index contributed by atoms with van der Waals surface area (Å²) in [4.78, 5) is 11.8. The van der Waals surface area contributed by atoms with Crippen molar-refractivity contribution in [3.63, 3.8) is 0 Å². The van der Waals surface area contributed by atoms with Gasteiger partial charge in [-0.3, -0.25) is 4.79 Å². The number of fused-ring (bicyclic) bond motifs is 1. The molecule has 1 heterocycles. The molecule has 0 saturated heterocycles. The zero-order valence-electron chi connectivity index (χ0n) is 9.96. The van der Waals surface area contributed by atoms with Gasteiger partial charge in [0, 0.05) is 23.0 Å². The van der Waals surface area contributed by atoms with Crippen LogP contribution in [-0.2, 0) is 17.8 Å². The summed E-state index contributed by atoms with van der Waals surface area (Å²) < 4.78 is 6.63. The number of carbonyl (C=O) groups excluding carboxylic acids is 1. The van der Waals surface area contributed by atoms with Crippen molar-refractivity contribution in [2.45, 2.75) is 31.3 Å². The highest BCUT2D eigenvalue weighted by atomic mass is 79.9. The van der Waals surface area contributed by atoms with Gasteiger partial charge in [0.15, 0.2) is 0 Å². The molecule has 1 amide bonds. The number of nitrogens with two attached hydrogens (primary N) is 1. The number of amides is 1. The zero-order chi connectivity index (χ0) is 12.8. The summed E-state index contributed by atoms with van der Waals surface area (Å²) in [5.74, 6) is 0.856. The number of hydrogen-bond acceptors (Lipinski definition) is 3. The number of halogens is 1. The fourth-order valence-corrected chi connectivity index (χ4v) is 2.74. The maximum atomic E-state index is 11.8. The van der Waals surface area contributed by atoms with Gasteiger partial charge in [0.05, 0.1) is 12.1 Å². The average Bonchev–Trinajstić information content (AvgIpc) is 2.90. The largest absolute Gasteiger partial charge is 0.493 e. The molecule has 1 aromatic rings. The van der Waals surface area contributed by atoms with Crippen molar-refractivity contribution in [1.82, 2.24) is 5.32 Å². The fourth-order valence-electron chi connectivity index (χ4n) is 2.19. The lowest BCUT2D eigenvalue weighted by Crippen LogP contribution is -2.42. The Bertz CT molecular complexity index is 512. The molecule has 0 radical (unpaired) electrons. The molecule has 96 valence electrons. The highest BCUT2D eigenvalue weighted by Crippen LogP contribution is 2.34. The van der Waals surface area contributed by atoms with Crippen LogP contribution in [0.25, 0.3) is 0 Å². The minimum absolute atomic E-state index is 0.0609. The van der Waals surface area contributed by atoms with Crippen LogP contribution >= 0.6 is 15.9 Å². The van der Waals surface area contributed by atoms with Crippen molar-refractivity contribution < 1.29 is 9.53 Å². The molecular formula is C13H15BrN2O2. The van der Waals surface area contributed by atoms with Crippen LogP contribution < -0.4 is 15.8 Å². The topological polar surface area (TPSA) is 64.4 Å². The predicted octanol–water partition coefficient (Wildman–Crippen LogP) is 1.49. The smallest absolute Gasteiger partial charge is 0.240 e. The Hall–Kier alpha value is -1.07. The summed E-state index contributed by atoms with van der Waals surface area (Å²) >= 11 is 3.48. The number of hydrogen-bond donors (Lipinski definition) is 2. The Labute approximate surface area is 114 Å². The molecule has 1 saturated carbocycles. The first-order chi connectivity index (χ1) is 8.58. The SMILES string of the molecule is NC1(C(=O)NCc2cc(Br)cc3c2OCC3)CC1. The third kappa shape index (κ3) is 2.12. The van der Waals surface area contributed by atoms with Crippen LogP contribution in [-0.4, -0.2) is 18.1 Å². The molecule has 3 rings (SSSR count). The van der Waals surface area contributed by atoms with Crippen LogP contribution in [0.4, 0.5) is 0 Å². The van der Waals surface area contributed by atoms with Gasteiger partial charge in [-0.2, -0.15) is 0 Å². The van der Waals surface area contributed by atoms with E-state index in [1.165, 1.54) is 5.56 Å². The molecule has 0 bridgehead atoms. The molecule has 4 nitrogen and oxygen atoms in total. The number of benzene rings is 1. The molecule has 1 aliphatic carbocycles. The normalized spacial score (nSPS) is 19.0. The number of rotatable bonds is 3. The second-order valence-electron chi connectivity index (χ2n) is 4.99. The minimum Gasteiger partial charge on any atom is -0.493 e. The molecule has 1 fully saturated rings. The number of ether oxygens (including phenoxy) is 1. The highest BCUT2D eigenvalue weighted by molar-refractivity contribution is 9.10. The van der Waals surface area contributed by atoms with E-state index in [0.29, 0.717) is 13.2 Å². The van der Waals surface area contributed by atoms with E-state index >= 15 is 0 Å². The van der Waals surface area contributed by atoms with E-state index in [0.717, 1.165) is 35.0 Å².